The highest BCUT2D eigenvalue weighted by molar-refractivity contribution is 5.98. The molecule has 156 valence electrons. The highest BCUT2D eigenvalue weighted by Crippen LogP contribution is 2.31. The maximum Gasteiger partial charge on any atom is 0.308 e. The van der Waals surface area contributed by atoms with E-state index in [1.54, 1.807) is 37.3 Å². The van der Waals surface area contributed by atoms with Gasteiger partial charge in [0.1, 0.15) is 11.4 Å². The molecule has 2 amide bonds. The van der Waals surface area contributed by atoms with Crippen molar-refractivity contribution in [1.82, 2.24) is 0 Å². The Morgan fingerprint density at radius 1 is 1.23 bits per heavy atom. The lowest BCUT2D eigenvalue weighted by Crippen LogP contribution is -2.40. The molecular formula is C20H19N3O7. The number of rotatable bonds is 7. The average molecular weight is 413 g/mol. The molecule has 0 aromatic heterocycles. The number of carbonyl (C=O) groups is 3. The predicted molar refractivity (Wildman–Crippen MR) is 106 cm³/mol. The van der Waals surface area contributed by atoms with Gasteiger partial charge in [-0.25, -0.2) is 0 Å². The van der Waals surface area contributed by atoms with Gasteiger partial charge in [-0.05, 0) is 24.6 Å². The summed E-state index contributed by atoms with van der Waals surface area (Å²) < 4.78 is 10.3. The maximum absolute atomic E-state index is 12.1. The summed E-state index contributed by atoms with van der Waals surface area (Å²) in [5.74, 6) is -1.12. The van der Waals surface area contributed by atoms with E-state index in [0.29, 0.717) is 17.0 Å². The third-order valence-corrected chi connectivity index (χ3v) is 4.42. The van der Waals surface area contributed by atoms with Crippen LogP contribution in [0.1, 0.15) is 12.0 Å². The number of fused-ring (bicyclic) bond motifs is 1. The number of nitro benzene ring substituents is 1. The molecule has 1 N–H and O–H groups in total. The number of aryl methyl sites for hydroxylation is 1. The van der Waals surface area contributed by atoms with E-state index in [2.05, 4.69) is 5.32 Å². The van der Waals surface area contributed by atoms with Gasteiger partial charge in [-0.1, -0.05) is 24.3 Å². The van der Waals surface area contributed by atoms with Crippen LogP contribution in [0.2, 0.25) is 0 Å². The van der Waals surface area contributed by atoms with Crippen molar-refractivity contribution >= 4 is 34.8 Å². The number of hydrogen-bond acceptors (Lipinski definition) is 7. The molecule has 0 aliphatic carbocycles. The van der Waals surface area contributed by atoms with Crippen molar-refractivity contribution in [3.05, 3.63) is 58.1 Å². The molecule has 10 nitrogen and oxygen atoms in total. The minimum Gasteiger partial charge on any atom is -0.482 e. The predicted octanol–water partition coefficient (Wildman–Crippen LogP) is 2.20. The Hall–Kier alpha value is -3.95. The fourth-order valence-electron chi connectivity index (χ4n) is 2.96. The summed E-state index contributed by atoms with van der Waals surface area (Å²) in [6.45, 7) is 0.969. The molecule has 0 radical (unpaired) electrons. The van der Waals surface area contributed by atoms with Crippen LogP contribution in [0.4, 0.5) is 17.1 Å². The van der Waals surface area contributed by atoms with Crippen LogP contribution in [-0.4, -0.2) is 42.5 Å². The molecule has 0 saturated carbocycles. The summed E-state index contributed by atoms with van der Waals surface area (Å²) in [6, 6.07) is 11.4. The number of esters is 1. The van der Waals surface area contributed by atoms with Gasteiger partial charge in [0.25, 0.3) is 17.5 Å². The summed E-state index contributed by atoms with van der Waals surface area (Å²) in [4.78, 5) is 48.1. The first-order chi connectivity index (χ1) is 14.4. The van der Waals surface area contributed by atoms with E-state index in [4.69, 9.17) is 9.47 Å². The minimum absolute atomic E-state index is 0.0547. The van der Waals surface area contributed by atoms with Gasteiger partial charge in [0.15, 0.2) is 13.2 Å². The van der Waals surface area contributed by atoms with E-state index < -0.39 is 23.4 Å². The van der Waals surface area contributed by atoms with E-state index in [-0.39, 0.29) is 36.9 Å². The zero-order chi connectivity index (χ0) is 21.7. The first-order valence-electron chi connectivity index (χ1n) is 9.08. The topological polar surface area (TPSA) is 128 Å². The maximum atomic E-state index is 12.1. The lowest BCUT2D eigenvalue weighted by Gasteiger charge is -2.28. The molecule has 3 rings (SSSR count). The van der Waals surface area contributed by atoms with Crippen LogP contribution in [-0.2, 0) is 19.1 Å². The van der Waals surface area contributed by atoms with Gasteiger partial charge in [-0.2, -0.15) is 0 Å². The zero-order valence-electron chi connectivity index (χ0n) is 16.1. The molecule has 0 bridgehead atoms. The standard InChI is InChI=1S/C20H19N3O7/c1-13-5-4-7-15(23(27)28)20(13)21-17(24)11-30-19(26)9-10-22-14-6-2-3-8-16(14)29-12-18(22)25/h2-8H,9-12H2,1H3,(H,21,24). The third-order valence-electron chi connectivity index (χ3n) is 4.42. The molecule has 0 saturated heterocycles. The number of ether oxygens (including phenoxy) is 2. The molecule has 2 aromatic rings. The normalized spacial score (nSPS) is 12.6. The van der Waals surface area contributed by atoms with E-state index in [1.807, 2.05) is 0 Å². The summed E-state index contributed by atoms with van der Waals surface area (Å²) in [5, 5.41) is 13.5. The van der Waals surface area contributed by atoms with E-state index in [0.717, 1.165) is 0 Å². The van der Waals surface area contributed by atoms with Crippen molar-refractivity contribution in [2.24, 2.45) is 0 Å². The molecule has 0 unspecified atom stereocenters. The first-order valence-corrected chi connectivity index (χ1v) is 9.08. The van der Waals surface area contributed by atoms with Crippen molar-refractivity contribution in [3.8, 4) is 5.75 Å². The second kappa shape index (κ2) is 9.03. The molecular weight excluding hydrogens is 394 g/mol. The molecule has 1 heterocycles. The molecule has 0 atom stereocenters. The summed E-state index contributed by atoms with van der Waals surface area (Å²) in [5.41, 5.74) is 0.873. The van der Waals surface area contributed by atoms with Gasteiger partial charge in [-0.15, -0.1) is 0 Å². The van der Waals surface area contributed by atoms with Crippen LogP contribution >= 0.6 is 0 Å². The lowest BCUT2D eigenvalue weighted by atomic mass is 10.1. The van der Waals surface area contributed by atoms with E-state index in [9.17, 15) is 24.5 Å². The molecule has 0 spiro atoms. The quantitative estimate of drug-likeness (QED) is 0.419. The first kappa shape index (κ1) is 20.8. The highest BCUT2D eigenvalue weighted by Gasteiger charge is 2.26. The lowest BCUT2D eigenvalue weighted by molar-refractivity contribution is -0.384. The van der Waals surface area contributed by atoms with Gasteiger partial charge >= 0.3 is 5.97 Å². The number of anilines is 2. The summed E-state index contributed by atoms with van der Waals surface area (Å²) in [6.07, 6.45) is -0.127. The van der Waals surface area contributed by atoms with Gasteiger partial charge in [0, 0.05) is 12.6 Å². The van der Waals surface area contributed by atoms with Crippen LogP contribution in [0.15, 0.2) is 42.5 Å². The molecule has 10 heteroatoms. The molecule has 2 aromatic carbocycles. The highest BCUT2D eigenvalue weighted by atomic mass is 16.6. The minimum atomic E-state index is -0.700. The average Bonchev–Trinajstić information content (AvgIpc) is 2.72. The largest absolute Gasteiger partial charge is 0.482 e. The Labute approximate surface area is 171 Å². The Balaban J connectivity index is 1.53. The van der Waals surface area contributed by atoms with Gasteiger partial charge in [0.2, 0.25) is 0 Å². The van der Waals surface area contributed by atoms with Crippen LogP contribution in [0.3, 0.4) is 0 Å². The van der Waals surface area contributed by atoms with Gasteiger partial charge in [-0.3, -0.25) is 24.5 Å². The molecule has 30 heavy (non-hydrogen) atoms. The van der Waals surface area contributed by atoms with Crippen molar-refractivity contribution in [3.63, 3.8) is 0 Å². The van der Waals surface area contributed by atoms with Crippen LogP contribution in [0, 0.1) is 17.0 Å². The number of nitro groups is 1. The van der Waals surface area contributed by atoms with E-state index in [1.165, 1.54) is 17.0 Å². The molecule has 0 fully saturated rings. The Morgan fingerprint density at radius 3 is 2.77 bits per heavy atom. The number of nitrogens with one attached hydrogen (secondary N) is 1. The third kappa shape index (κ3) is 4.72. The van der Waals surface area contributed by atoms with Gasteiger partial charge < -0.3 is 19.7 Å². The number of amides is 2. The number of nitrogens with zero attached hydrogens (tertiary/aromatic N) is 2. The Bertz CT molecular complexity index is 1010. The second-order valence-corrected chi connectivity index (χ2v) is 6.49. The fourth-order valence-corrected chi connectivity index (χ4v) is 2.96. The monoisotopic (exact) mass is 413 g/mol. The molecule has 1 aliphatic heterocycles. The number of carbonyl (C=O) groups excluding carboxylic acids is 3. The van der Waals surface area contributed by atoms with Crippen molar-refractivity contribution in [2.75, 3.05) is 30.0 Å². The fraction of sp³-hybridized carbons (Fsp3) is 0.250. The van der Waals surface area contributed by atoms with Crippen LogP contribution < -0.4 is 15.0 Å². The number of benzene rings is 2. The number of hydrogen-bond donors (Lipinski definition) is 1. The Morgan fingerprint density at radius 2 is 2.00 bits per heavy atom. The van der Waals surface area contributed by atoms with Crippen LogP contribution in [0.25, 0.3) is 0 Å². The van der Waals surface area contributed by atoms with Crippen molar-refractivity contribution in [1.29, 1.82) is 0 Å². The zero-order valence-corrected chi connectivity index (χ0v) is 16.1. The van der Waals surface area contributed by atoms with Crippen molar-refractivity contribution < 1.29 is 28.8 Å². The molecule has 1 aliphatic rings. The van der Waals surface area contributed by atoms with Crippen molar-refractivity contribution in [2.45, 2.75) is 13.3 Å². The van der Waals surface area contributed by atoms with E-state index >= 15 is 0 Å². The summed E-state index contributed by atoms with van der Waals surface area (Å²) in [7, 11) is 0. The summed E-state index contributed by atoms with van der Waals surface area (Å²) >= 11 is 0. The number of para-hydroxylation sites is 3. The van der Waals surface area contributed by atoms with Crippen LogP contribution in [0.5, 0.6) is 5.75 Å². The van der Waals surface area contributed by atoms with Gasteiger partial charge in [0.05, 0.1) is 17.0 Å². The SMILES string of the molecule is Cc1cccc([N+](=O)[O-])c1NC(=O)COC(=O)CCN1C(=O)COc2ccccc21. The smallest absolute Gasteiger partial charge is 0.308 e. The Kier molecular flexibility index (Phi) is 6.26. The second-order valence-electron chi connectivity index (χ2n) is 6.49.